The average molecular weight is 591 g/mol. The van der Waals surface area contributed by atoms with Crippen LogP contribution in [-0.2, 0) is 16.1 Å². The van der Waals surface area contributed by atoms with Crippen LogP contribution >= 0.6 is 0 Å². The highest BCUT2D eigenvalue weighted by atomic mass is 16.5. The summed E-state index contributed by atoms with van der Waals surface area (Å²) in [6, 6.07) is 18.1. The third-order valence-electron chi connectivity index (χ3n) is 7.12. The predicted octanol–water partition coefficient (Wildman–Crippen LogP) is 4.63. The normalized spacial score (nSPS) is 17.3. The van der Waals surface area contributed by atoms with E-state index in [-0.39, 0.29) is 25.5 Å². The lowest BCUT2D eigenvalue weighted by Crippen LogP contribution is -2.47. The summed E-state index contributed by atoms with van der Waals surface area (Å²) < 4.78 is 34.1. The summed E-state index contributed by atoms with van der Waals surface area (Å²) in [5.74, 6) is 2.80. The number of hydrogen-bond acceptors (Lipinski definition) is 9. The molecule has 10 heteroatoms. The third-order valence-corrected chi connectivity index (χ3v) is 7.12. The maximum Gasteiger partial charge on any atom is 0.252 e. The highest BCUT2D eigenvalue weighted by Crippen LogP contribution is 2.44. The van der Waals surface area contributed by atoms with Gasteiger partial charge in [0.25, 0.3) is 5.91 Å². The zero-order chi connectivity index (χ0) is 30.8. The monoisotopic (exact) mass is 590 g/mol. The average Bonchev–Trinajstić information content (AvgIpc) is 3.44. The van der Waals surface area contributed by atoms with Gasteiger partial charge in [-0.2, -0.15) is 0 Å². The molecule has 0 bridgehead atoms. The van der Waals surface area contributed by atoms with E-state index in [4.69, 9.17) is 38.5 Å². The standard InChI is InChI=1S/C33H38N2O8/c1-6-15-33(32(37)34-21-27-28(40-4)19-26(39-3)20-29(27)41-5)30(23-9-7-10-25(18-23)38-2)43-31(35-33)22-11-13-24(14-12-22)42-17-8-16-36/h6-7,9-14,18-20,30,36H,1,8,15-17,21H2,2-5H3,(H,34,37)/t30-,33-/m1/s1. The van der Waals surface area contributed by atoms with E-state index in [2.05, 4.69) is 11.9 Å². The number of nitrogens with one attached hydrogen (secondary N) is 1. The van der Waals surface area contributed by atoms with E-state index in [1.54, 1.807) is 58.8 Å². The van der Waals surface area contributed by atoms with Crippen molar-refractivity contribution in [1.82, 2.24) is 5.32 Å². The van der Waals surface area contributed by atoms with Crippen LogP contribution in [-0.4, -0.2) is 64.1 Å². The molecular formula is C33H38N2O8. The number of aliphatic hydroxyl groups excluding tert-OH is 1. The maximum absolute atomic E-state index is 14.2. The van der Waals surface area contributed by atoms with Crippen molar-refractivity contribution in [3.05, 3.63) is 90.0 Å². The van der Waals surface area contributed by atoms with Crippen LogP contribution in [0.3, 0.4) is 0 Å². The van der Waals surface area contributed by atoms with Crippen LogP contribution in [0.1, 0.15) is 35.6 Å². The van der Waals surface area contributed by atoms with Gasteiger partial charge < -0.3 is 38.8 Å². The van der Waals surface area contributed by atoms with Crippen molar-refractivity contribution >= 4 is 11.8 Å². The van der Waals surface area contributed by atoms with Crippen molar-refractivity contribution < 1.29 is 38.3 Å². The summed E-state index contributed by atoms with van der Waals surface area (Å²) in [7, 11) is 6.23. The lowest BCUT2D eigenvalue weighted by Gasteiger charge is -2.30. The SMILES string of the molecule is C=CC[C@@]1(C(=O)NCc2c(OC)cc(OC)cc2OC)N=C(c2ccc(OCCCO)cc2)O[C@@H]1c1cccc(OC)c1. The van der Waals surface area contributed by atoms with E-state index >= 15 is 0 Å². The molecule has 0 aromatic heterocycles. The number of ether oxygens (including phenoxy) is 6. The minimum Gasteiger partial charge on any atom is -0.497 e. The number of carbonyl (C=O) groups excluding carboxylic acids is 1. The molecule has 4 rings (SSSR count). The largest absolute Gasteiger partial charge is 0.497 e. The molecule has 0 radical (unpaired) electrons. The summed E-state index contributed by atoms with van der Waals surface area (Å²) in [6.45, 7) is 4.49. The molecule has 0 unspecified atom stereocenters. The summed E-state index contributed by atoms with van der Waals surface area (Å²) in [5.41, 5.74) is 0.663. The van der Waals surface area contributed by atoms with Crippen molar-refractivity contribution in [3.8, 4) is 28.7 Å². The van der Waals surface area contributed by atoms with E-state index in [1.807, 2.05) is 36.4 Å². The number of aliphatic hydroxyl groups is 1. The fourth-order valence-electron chi connectivity index (χ4n) is 4.91. The van der Waals surface area contributed by atoms with Crippen LogP contribution in [0.5, 0.6) is 28.7 Å². The quantitative estimate of drug-likeness (QED) is 0.194. The molecule has 2 N–H and O–H groups in total. The van der Waals surface area contributed by atoms with Gasteiger partial charge in [0.1, 0.15) is 28.7 Å². The summed E-state index contributed by atoms with van der Waals surface area (Å²) in [5, 5.41) is 12.1. The third kappa shape index (κ3) is 6.86. The van der Waals surface area contributed by atoms with Crippen molar-refractivity contribution in [1.29, 1.82) is 0 Å². The molecule has 0 saturated carbocycles. The van der Waals surface area contributed by atoms with E-state index < -0.39 is 11.6 Å². The molecule has 0 spiro atoms. The first-order chi connectivity index (χ1) is 20.9. The van der Waals surface area contributed by atoms with Crippen molar-refractivity contribution in [3.63, 3.8) is 0 Å². The molecule has 3 aromatic rings. The van der Waals surface area contributed by atoms with Gasteiger partial charge in [0.2, 0.25) is 5.90 Å². The van der Waals surface area contributed by atoms with Crippen LogP contribution in [0.2, 0.25) is 0 Å². The second-order valence-corrected chi connectivity index (χ2v) is 9.75. The van der Waals surface area contributed by atoms with Gasteiger partial charge in [-0.25, -0.2) is 4.99 Å². The molecule has 1 amide bonds. The zero-order valence-corrected chi connectivity index (χ0v) is 24.9. The Balaban J connectivity index is 1.72. The Hall–Kier alpha value is -4.70. The predicted molar refractivity (Wildman–Crippen MR) is 162 cm³/mol. The molecule has 10 nitrogen and oxygen atoms in total. The van der Waals surface area contributed by atoms with Crippen LogP contribution in [0.15, 0.2) is 78.3 Å². The minimum absolute atomic E-state index is 0.0554. The molecule has 0 aliphatic carbocycles. The number of methoxy groups -OCH3 is 4. The van der Waals surface area contributed by atoms with Gasteiger partial charge in [0.05, 0.1) is 47.2 Å². The smallest absolute Gasteiger partial charge is 0.252 e. The highest BCUT2D eigenvalue weighted by Gasteiger charge is 2.52. The van der Waals surface area contributed by atoms with Gasteiger partial charge in [-0.15, -0.1) is 6.58 Å². The minimum atomic E-state index is -1.38. The number of carbonyl (C=O) groups is 1. The number of hydrogen-bond donors (Lipinski definition) is 2. The van der Waals surface area contributed by atoms with E-state index in [9.17, 15) is 4.79 Å². The number of aliphatic imine (C=N–C) groups is 1. The molecule has 2 atom stereocenters. The van der Waals surface area contributed by atoms with Crippen LogP contribution in [0, 0.1) is 0 Å². The van der Waals surface area contributed by atoms with Crippen molar-refractivity contribution in [2.45, 2.75) is 31.0 Å². The number of benzene rings is 3. The maximum atomic E-state index is 14.2. The van der Waals surface area contributed by atoms with Gasteiger partial charge >= 0.3 is 0 Å². The molecule has 0 saturated heterocycles. The van der Waals surface area contributed by atoms with E-state index in [0.717, 1.165) is 5.56 Å². The van der Waals surface area contributed by atoms with Gasteiger partial charge in [-0.05, 0) is 42.0 Å². The lowest BCUT2D eigenvalue weighted by molar-refractivity contribution is -0.129. The molecule has 228 valence electrons. The summed E-state index contributed by atoms with van der Waals surface area (Å²) >= 11 is 0. The van der Waals surface area contributed by atoms with Gasteiger partial charge in [0, 0.05) is 37.1 Å². The Morgan fingerprint density at radius 1 is 0.977 bits per heavy atom. The fourth-order valence-corrected chi connectivity index (χ4v) is 4.91. The second kappa shape index (κ2) is 14.5. The Morgan fingerprint density at radius 3 is 2.28 bits per heavy atom. The second-order valence-electron chi connectivity index (χ2n) is 9.75. The molecule has 1 aliphatic heterocycles. The molecular weight excluding hydrogens is 552 g/mol. The molecule has 43 heavy (non-hydrogen) atoms. The highest BCUT2D eigenvalue weighted by molar-refractivity contribution is 6.01. The van der Waals surface area contributed by atoms with Crippen LogP contribution in [0.25, 0.3) is 0 Å². The Bertz CT molecular complexity index is 1410. The fraction of sp³-hybridized carbons (Fsp3) is 0.333. The van der Waals surface area contributed by atoms with Crippen LogP contribution in [0.4, 0.5) is 0 Å². The van der Waals surface area contributed by atoms with Gasteiger partial charge in [0.15, 0.2) is 11.6 Å². The first kappa shape index (κ1) is 31.2. The van der Waals surface area contributed by atoms with E-state index in [1.165, 1.54) is 0 Å². The number of nitrogens with zero attached hydrogens (tertiary/aromatic N) is 1. The Morgan fingerprint density at radius 2 is 1.67 bits per heavy atom. The first-order valence-corrected chi connectivity index (χ1v) is 13.9. The summed E-state index contributed by atoms with van der Waals surface area (Å²) in [6.07, 6.45) is 1.61. The zero-order valence-electron chi connectivity index (χ0n) is 24.9. The van der Waals surface area contributed by atoms with Crippen LogP contribution < -0.4 is 29.0 Å². The van der Waals surface area contributed by atoms with Gasteiger partial charge in [-0.3, -0.25) is 4.79 Å². The first-order valence-electron chi connectivity index (χ1n) is 13.9. The van der Waals surface area contributed by atoms with Gasteiger partial charge in [-0.1, -0.05) is 18.2 Å². The lowest BCUT2D eigenvalue weighted by atomic mass is 9.84. The number of rotatable bonds is 15. The molecule has 3 aromatic carbocycles. The topological polar surface area (TPSA) is 117 Å². The summed E-state index contributed by atoms with van der Waals surface area (Å²) in [4.78, 5) is 19.2. The van der Waals surface area contributed by atoms with Crippen molar-refractivity contribution in [2.24, 2.45) is 4.99 Å². The Labute approximate surface area is 251 Å². The Kier molecular flexibility index (Phi) is 10.5. The van der Waals surface area contributed by atoms with E-state index in [0.29, 0.717) is 58.8 Å². The van der Waals surface area contributed by atoms with Crippen molar-refractivity contribution in [2.75, 3.05) is 41.7 Å². The molecule has 0 fully saturated rings. The molecule has 1 heterocycles. The molecule has 1 aliphatic rings. The number of amides is 1.